The Balaban J connectivity index is 2.76. The zero-order valence-corrected chi connectivity index (χ0v) is 9.50. The molecule has 0 bridgehead atoms. The highest BCUT2D eigenvalue weighted by atomic mass is 16.5. The molecule has 0 aliphatic carbocycles. The lowest BCUT2D eigenvalue weighted by Crippen LogP contribution is -2.36. The zero-order chi connectivity index (χ0) is 11.7. The molecule has 1 aliphatic rings. The molecule has 1 saturated heterocycles. The molecule has 86 valence electrons. The molecule has 0 aromatic carbocycles. The summed E-state index contributed by atoms with van der Waals surface area (Å²) in [5.74, 6) is -0.589. The molecule has 15 heavy (non-hydrogen) atoms. The highest BCUT2D eigenvalue weighted by Crippen LogP contribution is 2.37. The van der Waals surface area contributed by atoms with E-state index in [1.54, 1.807) is 13.8 Å². The fourth-order valence-electron chi connectivity index (χ4n) is 1.80. The van der Waals surface area contributed by atoms with Crippen molar-refractivity contribution in [3.05, 3.63) is 0 Å². The van der Waals surface area contributed by atoms with Gasteiger partial charge < -0.3 is 9.84 Å². The molecule has 0 saturated carbocycles. The van der Waals surface area contributed by atoms with Crippen LogP contribution in [-0.2, 0) is 14.3 Å². The molecule has 4 heteroatoms. The second-order valence-electron chi connectivity index (χ2n) is 4.84. The van der Waals surface area contributed by atoms with Crippen LogP contribution in [0, 0.1) is 5.41 Å². The number of ether oxygens (including phenoxy) is 1. The molecule has 4 nitrogen and oxygen atoms in total. The molecule has 0 aromatic heterocycles. The summed E-state index contributed by atoms with van der Waals surface area (Å²) in [4.78, 5) is 23.0. The predicted molar refractivity (Wildman–Crippen MR) is 54.2 cm³/mol. The first-order valence-corrected chi connectivity index (χ1v) is 5.19. The van der Waals surface area contributed by atoms with Gasteiger partial charge in [0.1, 0.15) is 11.2 Å². The number of carbonyl (C=O) groups is 2. The van der Waals surface area contributed by atoms with Crippen LogP contribution < -0.4 is 0 Å². The summed E-state index contributed by atoms with van der Waals surface area (Å²) >= 11 is 0. The van der Waals surface area contributed by atoms with Gasteiger partial charge in [-0.2, -0.15) is 0 Å². The van der Waals surface area contributed by atoms with Gasteiger partial charge in [0, 0.05) is 6.42 Å². The average Bonchev–Trinajstić information content (AvgIpc) is 2.43. The number of rotatable bonds is 4. The van der Waals surface area contributed by atoms with Crippen LogP contribution in [0.25, 0.3) is 0 Å². The summed E-state index contributed by atoms with van der Waals surface area (Å²) in [6, 6.07) is 0. The number of esters is 1. The van der Waals surface area contributed by atoms with E-state index in [4.69, 9.17) is 4.74 Å². The smallest absolute Gasteiger partial charge is 0.319 e. The maximum atomic E-state index is 11.5. The van der Waals surface area contributed by atoms with Gasteiger partial charge in [0.2, 0.25) is 0 Å². The molecule has 0 radical (unpaired) electrons. The molecule has 1 unspecified atom stereocenters. The average molecular weight is 214 g/mol. The summed E-state index contributed by atoms with van der Waals surface area (Å²) < 4.78 is 4.85. The number of cyclic esters (lactones) is 1. The van der Waals surface area contributed by atoms with Crippen molar-refractivity contribution in [2.75, 3.05) is 6.61 Å². The SMILES string of the molecule is CC(=O)C1(CCC(C)(C)O)CCOC1=O. The van der Waals surface area contributed by atoms with Crippen molar-refractivity contribution in [2.24, 2.45) is 5.41 Å². The number of ketones is 1. The molecule has 0 spiro atoms. The van der Waals surface area contributed by atoms with Crippen molar-refractivity contribution < 1.29 is 19.4 Å². The topological polar surface area (TPSA) is 63.6 Å². The quantitative estimate of drug-likeness (QED) is 0.561. The first kappa shape index (κ1) is 12.2. The summed E-state index contributed by atoms with van der Waals surface area (Å²) in [6.45, 7) is 5.06. The van der Waals surface area contributed by atoms with Crippen molar-refractivity contribution in [2.45, 2.75) is 45.6 Å². The van der Waals surface area contributed by atoms with E-state index >= 15 is 0 Å². The van der Waals surface area contributed by atoms with Gasteiger partial charge in [0.15, 0.2) is 0 Å². The molecule has 1 atom stereocenters. The van der Waals surface area contributed by atoms with Crippen LogP contribution in [0.2, 0.25) is 0 Å². The molecular weight excluding hydrogens is 196 g/mol. The number of Topliss-reactive ketones (excluding diaryl/α,β-unsaturated/α-hetero) is 1. The van der Waals surface area contributed by atoms with Crippen molar-refractivity contribution in [3.63, 3.8) is 0 Å². The highest BCUT2D eigenvalue weighted by Gasteiger charge is 2.48. The van der Waals surface area contributed by atoms with Crippen LogP contribution in [0.15, 0.2) is 0 Å². The van der Waals surface area contributed by atoms with E-state index in [2.05, 4.69) is 0 Å². The predicted octanol–water partition coefficient (Wildman–Crippen LogP) is 1.06. The molecule has 0 amide bonds. The minimum atomic E-state index is -1.00. The lowest BCUT2D eigenvalue weighted by atomic mass is 9.76. The van der Waals surface area contributed by atoms with E-state index in [0.29, 0.717) is 25.9 Å². The van der Waals surface area contributed by atoms with Gasteiger partial charge in [-0.15, -0.1) is 0 Å². The summed E-state index contributed by atoms with van der Waals surface area (Å²) in [5, 5.41) is 9.60. The lowest BCUT2D eigenvalue weighted by Gasteiger charge is -2.25. The van der Waals surface area contributed by atoms with E-state index in [-0.39, 0.29) is 5.78 Å². The molecule has 1 fully saturated rings. The van der Waals surface area contributed by atoms with E-state index in [0.717, 1.165) is 0 Å². The van der Waals surface area contributed by atoms with Crippen LogP contribution in [-0.4, -0.2) is 29.1 Å². The van der Waals surface area contributed by atoms with Gasteiger partial charge in [-0.1, -0.05) is 0 Å². The Morgan fingerprint density at radius 3 is 2.53 bits per heavy atom. The second kappa shape index (κ2) is 3.93. The second-order valence-corrected chi connectivity index (χ2v) is 4.84. The largest absolute Gasteiger partial charge is 0.465 e. The Kier molecular flexibility index (Phi) is 3.19. The monoisotopic (exact) mass is 214 g/mol. The Labute approximate surface area is 89.6 Å². The summed E-state index contributed by atoms with van der Waals surface area (Å²) in [6.07, 6.45) is 1.23. The number of hydrogen-bond donors (Lipinski definition) is 1. The molecule has 1 aliphatic heterocycles. The summed E-state index contributed by atoms with van der Waals surface area (Å²) in [5.41, 5.74) is -1.86. The van der Waals surface area contributed by atoms with Gasteiger partial charge in [-0.05, 0) is 33.6 Å². The first-order valence-electron chi connectivity index (χ1n) is 5.19. The Morgan fingerprint density at radius 1 is 1.60 bits per heavy atom. The van der Waals surface area contributed by atoms with Crippen LogP contribution in [0.5, 0.6) is 0 Å². The van der Waals surface area contributed by atoms with E-state index < -0.39 is 17.0 Å². The van der Waals surface area contributed by atoms with E-state index in [1.165, 1.54) is 6.92 Å². The van der Waals surface area contributed by atoms with Gasteiger partial charge in [-0.25, -0.2) is 0 Å². The molecule has 0 aromatic rings. The normalized spacial score (nSPS) is 26.5. The maximum Gasteiger partial charge on any atom is 0.319 e. The summed E-state index contributed by atoms with van der Waals surface area (Å²) in [7, 11) is 0. The zero-order valence-electron chi connectivity index (χ0n) is 9.50. The first-order chi connectivity index (χ1) is 6.78. The maximum absolute atomic E-state index is 11.5. The van der Waals surface area contributed by atoms with E-state index in [9.17, 15) is 14.7 Å². The fraction of sp³-hybridized carbons (Fsp3) is 0.818. The number of carbonyl (C=O) groups excluding carboxylic acids is 2. The molecule has 1 N–H and O–H groups in total. The molecule has 1 heterocycles. The van der Waals surface area contributed by atoms with Crippen LogP contribution in [0.1, 0.15) is 40.0 Å². The van der Waals surface area contributed by atoms with Crippen LogP contribution >= 0.6 is 0 Å². The number of hydrogen-bond acceptors (Lipinski definition) is 4. The van der Waals surface area contributed by atoms with Crippen LogP contribution in [0.3, 0.4) is 0 Å². The minimum Gasteiger partial charge on any atom is -0.465 e. The minimum absolute atomic E-state index is 0.158. The lowest BCUT2D eigenvalue weighted by molar-refractivity contribution is -0.151. The number of aliphatic hydroxyl groups is 1. The Morgan fingerprint density at radius 2 is 2.20 bits per heavy atom. The third-order valence-electron chi connectivity index (χ3n) is 2.99. The van der Waals surface area contributed by atoms with E-state index in [1.807, 2.05) is 0 Å². The van der Waals surface area contributed by atoms with Gasteiger partial charge in [-0.3, -0.25) is 9.59 Å². The third-order valence-corrected chi connectivity index (χ3v) is 2.99. The Hall–Kier alpha value is -0.900. The van der Waals surface area contributed by atoms with Gasteiger partial charge in [0.25, 0.3) is 0 Å². The fourth-order valence-corrected chi connectivity index (χ4v) is 1.80. The molecular formula is C11H18O4. The Bertz CT molecular complexity index is 277. The van der Waals surface area contributed by atoms with Crippen molar-refractivity contribution in [1.82, 2.24) is 0 Å². The molecule has 1 rings (SSSR count). The third kappa shape index (κ3) is 2.56. The van der Waals surface area contributed by atoms with Gasteiger partial charge in [0.05, 0.1) is 12.2 Å². The van der Waals surface area contributed by atoms with Crippen LogP contribution in [0.4, 0.5) is 0 Å². The van der Waals surface area contributed by atoms with Crippen molar-refractivity contribution >= 4 is 11.8 Å². The van der Waals surface area contributed by atoms with Crippen molar-refractivity contribution in [1.29, 1.82) is 0 Å². The highest BCUT2D eigenvalue weighted by molar-refractivity contribution is 6.03. The van der Waals surface area contributed by atoms with Crippen molar-refractivity contribution in [3.8, 4) is 0 Å². The standard InChI is InChI=1S/C11H18O4/c1-8(12)11(5-4-10(2,3)14)6-7-15-9(11)13/h14H,4-7H2,1-3H3. The van der Waals surface area contributed by atoms with Gasteiger partial charge >= 0.3 is 5.97 Å².